The summed E-state index contributed by atoms with van der Waals surface area (Å²) in [7, 11) is 0. The van der Waals surface area contributed by atoms with E-state index >= 15 is 0 Å². The number of aryl methyl sites for hydroxylation is 3. The van der Waals surface area contributed by atoms with E-state index in [1.807, 2.05) is 6.92 Å². The molecule has 0 bridgehead atoms. The van der Waals surface area contributed by atoms with E-state index in [0.717, 1.165) is 12.2 Å². The first-order valence-electron chi connectivity index (χ1n) is 6.89. The molecule has 1 aromatic carbocycles. The molecule has 0 amide bonds. The number of benzene rings is 1. The van der Waals surface area contributed by atoms with E-state index in [2.05, 4.69) is 43.3 Å². The fourth-order valence-corrected chi connectivity index (χ4v) is 2.46. The number of hydrogen-bond donors (Lipinski definition) is 1. The first kappa shape index (κ1) is 14.3. The van der Waals surface area contributed by atoms with Crippen molar-refractivity contribution in [3.8, 4) is 0 Å². The maximum atomic E-state index is 12.1. The molecule has 0 aliphatic rings. The fraction of sp³-hybridized carbons (Fsp3) is 0.375. The molecule has 0 aliphatic carbocycles. The Morgan fingerprint density at radius 3 is 2.35 bits per heavy atom. The van der Waals surface area contributed by atoms with Crippen LogP contribution in [-0.2, 0) is 6.54 Å². The molecule has 0 saturated heterocycles. The second-order valence-corrected chi connectivity index (χ2v) is 5.15. The first-order chi connectivity index (χ1) is 9.51. The lowest BCUT2D eigenvalue weighted by Crippen LogP contribution is -2.24. The number of rotatable bonds is 4. The number of anilines is 1. The highest BCUT2D eigenvalue weighted by atomic mass is 16.1. The molecule has 0 radical (unpaired) electrons. The predicted molar refractivity (Wildman–Crippen MR) is 82.4 cm³/mol. The lowest BCUT2D eigenvalue weighted by atomic mass is 10.00. The van der Waals surface area contributed by atoms with Gasteiger partial charge in [0.05, 0.1) is 18.4 Å². The van der Waals surface area contributed by atoms with E-state index < -0.39 is 0 Å². The molecule has 1 aromatic heterocycles. The minimum atomic E-state index is -0.0807. The largest absolute Gasteiger partial charge is 0.384 e. The van der Waals surface area contributed by atoms with Crippen LogP contribution in [0, 0.1) is 20.8 Å². The zero-order valence-electron chi connectivity index (χ0n) is 12.5. The molecule has 0 unspecified atom stereocenters. The molecule has 0 saturated carbocycles. The molecule has 4 nitrogen and oxygen atoms in total. The summed E-state index contributed by atoms with van der Waals surface area (Å²) in [5.74, 6) is 0. The van der Waals surface area contributed by atoms with Crippen LogP contribution in [0.1, 0.15) is 29.2 Å². The number of aromatic nitrogens is 2. The Morgan fingerprint density at radius 1 is 1.15 bits per heavy atom. The van der Waals surface area contributed by atoms with Gasteiger partial charge in [0.2, 0.25) is 0 Å². The predicted octanol–water partition coefficient (Wildman–Crippen LogP) is 2.65. The van der Waals surface area contributed by atoms with Gasteiger partial charge in [-0.05, 0) is 44.4 Å². The zero-order valence-corrected chi connectivity index (χ0v) is 12.5. The van der Waals surface area contributed by atoms with Gasteiger partial charge in [-0.2, -0.15) is 5.10 Å². The topological polar surface area (TPSA) is 46.9 Å². The molecular weight excluding hydrogens is 250 g/mol. The molecular formula is C16H21N3O. The molecule has 4 heteroatoms. The van der Waals surface area contributed by atoms with Gasteiger partial charge in [0.25, 0.3) is 5.56 Å². The third-order valence-electron chi connectivity index (χ3n) is 3.40. The Bertz CT molecular complexity index is 651. The third kappa shape index (κ3) is 3.07. The van der Waals surface area contributed by atoms with E-state index in [9.17, 15) is 4.79 Å². The average Bonchev–Trinajstić information content (AvgIpc) is 2.36. The van der Waals surface area contributed by atoms with Crippen molar-refractivity contribution in [1.29, 1.82) is 0 Å². The van der Waals surface area contributed by atoms with E-state index in [1.165, 1.54) is 26.9 Å². The van der Waals surface area contributed by atoms with Crippen LogP contribution in [0.15, 0.2) is 29.2 Å². The van der Waals surface area contributed by atoms with E-state index in [-0.39, 0.29) is 5.56 Å². The van der Waals surface area contributed by atoms with Crippen LogP contribution >= 0.6 is 0 Å². The van der Waals surface area contributed by atoms with E-state index in [0.29, 0.717) is 6.54 Å². The normalized spacial score (nSPS) is 10.6. The van der Waals surface area contributed by atoms with Crippen molar-refractivity contribution in [3.05, 3.63) is 57.0 Å². The molecule has 2 rings (SSSR count). The summed E-state index contributed by atoms with van der Waals surface area (Å²) in [6.45, 7) is 9.52. The summed E-state index contributed by atoms with van der Waals surface area (Å²) < 4.78 is 1.51. The van der Waals surface area contributed by atoms with Gasteiger partial charge >= 0.3 is 0 Å². The van der Waals surface area contributed by atoms with Crippen molar-refractivity contribution in [2.75, 3.05) is 11.9 Å². The Kier molecular flexibility index (Phi) is 4.23. The van der Waals surface area contributed by atoms with E-state index in [4.69, 9.17) is 0 Å². The second-order valence-electron chi connectivity index (χ2n) is 5.15. The van der Waals surface area contributed by atoms with Gasteiger partial charge in [-0.1, -0.05) is 17.7 Å². The van der Waals surface area contributed by atoms with Crippen LogP contribution in [-0.4, -0.2) is 16.3 Å². The standard InChI is InChI=1S/C16H21N3O/c1-5-17-14-8-16(20)19(18-9-14)10-15-12(3)6-11(2)7-13(15)4/h6-9,17H,5,10H2,1-4H3. The van der Waals surface area contributed by atoms with Crippen LogP contribution in [0.2, 0.25) is 0 Å². The fourth-order valence-electron chi connectivity index (χ4n) is 2.46. The molecule has 20 heavy (non-hydrogen) atoms. The summed E-state index contributed by atoms with van der Waals surface area (Å²) in [4.78, 5) is 12.1. The average molecular weight is 271 g/mol. The first-order valence-corrected chi connectivity index (χ1v) is 6.89. The molecule has 106 valence electrons. The van der Waals surface area contributed by atoms with Crippen molar-refractivity contribution in [2.24, 2.45) is 0 Å². The van der Waals surface area contributed by atoms with Crippen LogP contribution in [0.5, 0.6) is 0 Å². The Hall–Kier alpha value is -2.10. The van der Waals surface area contributed by atoms with Gasteiger partial charge < -0.3 is 5.32 Å². The molecule has 0 aliphatic heterocycles. The molecule has 0 fully saturated rings. The minimum absolute atomic E-state index is 0.0807. The summed E-state index contributed by atoms with van der Waals surface area (Å²) in [5.41, 5.74) is 5.50. The lowest BCUT2D eigenvalue weighted by molar-refractivity contribution is 0.635. The quantitative estimate of drug-likeness (QED) is 0.930. The van der Waals surface area contributed by atoms with Gasteiger partial charge in [0.15, 0.2) is 0 Å². The Balaban J connectivity index is 2.33. The maximum absolute atomic E-state index is 12.1. The summed E-state index contributed by atoms with van der Waals surface area (Å²) in [6, 6.07) is 5.87. The number of nitrogens with one attached hydrogen (secondary N) is 1. The maximum Gasteiger partial charge on any atom is 0.269 e. The molecule has 2 aromatic rings. The molecule has 0 atom stereocenters. The van der Waals surface area contributed by atoms with Crippen LogP contribution < -0.4 is 10.9 Å². The van der Waals surface area contributed by atoms with Crippen molar-refractivity contribution < 1.29 is 0 Å². The monoisotopic (exact) mass is 271 g/mol. The number of hydrogen-bond acceptors (Lipinski definition) is 3. The summed E-state index contributed by atoms with van der Waals surface area (Å²) >= 11 is 0. The van der Waals surface area contributed by atoms with Crippen LogP contribution in [0.4, 0.5) is 5.69 Å². The summed E-state index contributed by atoms with van der Waals surface area (Å²) in [5, 5.41) is 7.33. The minimum Gasteiger partial charge on any atom is -0.384 e. The highest BCUT2D eigenvalue weighted by Crippen LogP contribution is 2.16. The van der Waals surface area contributed by atoms with Crippen molar-refractivity contribution in [1.82, 2.24) is 9.78 Å². The van der Waals surface area contributed by atoms with Gasteiger partial charge in [0, 0.05) is 12.6 Å². The second kappa shape index (κ2) is 5.90. The van der Waals surface area contributed by atoms with Crippen molar-refractivity contribution in [2.45, 2.75) is 34.2 Å². The number of nitrogens with zero attached hydrogens (tertiary/aromatic N) is 2. The van der Waals surface area contributed by atoms with Gasteiger partial charge in [-0.15, -0.1) is 0 Å². The highest BCUT2D eigenvalue weighted by Gasteiger charge is 2.07. The SMILES string of the molecule is CCNc1cnn(Cc2c(C)cc(C)cc2C)c(=O)c1. The van der Waals surface area contributed by atoms with Crippen molar-refractivity contribution in [3.63, 3.8) is 0 Å². The Labute approximate surface area is 119 Å². The molecule has 1 heterocycles. The van der Waals surface area contributed by atoms with Crippen LogP contribution in [0.25, 0.3) is 0 Å². The summed E-state index contributed by atoms with van der Waals surface area (Å²) in [6.07, 6.45) is 1.70. The van der Waals surface area contributed by atoms with Gasteiger partial charge in [0.1, 0.15) is 0 Å². The van der Waals surface area contributed by atoms with Gasteiger partial charge in [-0.25, -0.2) is 4.68 Å². The van der Waals surface area contributed by atoms with Gasteiger partial charge in [-0.3, -0.25) is 4.79 Å². The third-order valence-corrected chi connectivity index (χ3v) is 3.40. The smallest absolute Gasteiger partial charge is 0.269 e. The lowest BCUT2D eigenvalue weighted by Gasteiger charge is -2.12. The Morgan fingerprint density at radius 2 is 1.80 bits per heavy atom. The highest BCUT2D eigenvalue weighted by molar-refractivity contribution is 5.39. The van der Waals surface area contributed by atoms with Crippen LogP contribution in [0.3, 0.4) is 0 Å². The molecule has 0 spiro atoms. The van der Waals surface area contributed by atoms with E-state index in [1.54, 1.807) is 12.3 Å². The van der Waals surface area contributed by atoms with Crippen molar-refractivity contribution >= 4 is 5.69 Å². The zero-order chi connectivity index (χ0) is 14.7. The molecule has 1 N–H and O–H groups in total.